The fraction of sp³-hybridized carbons (Fsp3) is 0.333. The van der Waals surface area contributed by atoms with Crippen molar-refractivity contribution in [2.24, 2.45) is 5.73 Å². The van der Waals surface area contributed by atoms with Crippen molar-refractivity contribution in [2.45, 2.75) is 18.6 Å². The number of benzene rings is 1. The minimum atomic E-state index is -4.25. The van der Waals surface area contributed by atoms with Gasteiger partial charge in [0.1, 0.15) is 0 Å². The van der Waals surface area contributed by atoms with Crippen molar-refractivity contribution < 1.29 is 13.2 Å². The van der Waals surface area contributed by atoms with E-state index in [4.69, 9.17) is 5.73 Å². The molecule has 0 saturated heterocycles. The van der Waals surface area contributed by atoms with E-state index < -0.39 is 18.6 Å². The third-order valence-electron chi connectivity index (χ3n) is 1.81. The van der Waals surface area contributed by atoms with Crippen LogP contribution >= 0.6 is 44.3 Å². The zero-order chi connectivity index (χ0) is 11.6. The highest BCUT2D eigenvalue weighted by molar-refractivity contribution is 9.11. The van der Waals surface area contributed by atoms with Gasteiger partial charge in [0.05, 0.1) is 6.42 Å². The second-order valence-electron chi connectivity index (χ2n) is 3.09. The van der Waals surface area contributed by atoms with Crippen molar-refractivity contribution in [2.75, 3.05) is 0 Å². The molecule has 1 atom stereocenters. The summed E-state index contributed by atoms with van der Waals surface area (Å²) in [6.07, 6.45) is -5.27. The Morgan fingerprint density at radius 3 is 2.31 bits per heavy atom. The molecule has 92 valence electrons. The largest absolute Gasteiger partial charge is 0.390 e. The SMILES string of the molecule is Cl.N[C@@H](CC(F)(F)F)c1cc(Br)ccc1Br. The van der Waals surface area contributed by atoms with Gasteiger partial charge in [-0.3, -0.25) is 0 Å². The average Bonchev–Trinajstić information content (AvgIpc) is 2.06. The number of hydrogen-bond donors (Lipinski definition) is 1. The van der Waals surface area contributed by atoms with Gasteiger partial charge in [0.25, 0.3) is 0 Å². The molecule has 0 aliphatic rings. The fourth-order valence-corrected chi connectivity index (χ4v) is 2.08. The van der Waals surface area contributed by atoms with Gasteiger partial charge >= 0.3 is 6.18 Å². The molecule has 0 unspecified atom stereocenters. The Morgan fingerprint density at radius 2 is 1.81 bits per heavy atom. The standard InChI is InChI=1S/C9H8Br2F3N.ClH/c10-5-1-2-7(11)6(3-5)8(15)4-9(12,13)14;/h1-3,8H,4,15H2;1H/t8-;/m0./s1. The normalized spacial score (nSPS) is 13.1. The molecule has 0 radical (unpaired) electrons. The maximum atomic E-state index is 12.1. The Morgan fingerprint density at radius 1 is 1.25 bits per heavy atom. The first-order valence-corrected chi connectivity index (χ1v) is 5.65. The van der Waals surface area contributed by atoms with Crippen LogP contribution in [0, 0.1) is 0 Å². The molecule has 16 heavy (non-hydrogen) atoms. The lowest BCUT2D eigenvalue weighted by atomic mass is 10.0. The minimum absolute atomic E-state index is 0. The predicted molar refractivity (Wildman–Crippen MR) is 66.7 cm³/mol. The van der Waals surface area contributed by atoms with Crippen LogP contribution in [0.5, 0.6) is 0 Å². The Kier molecular flexibility index (Phi) is 6.32. The van der Waals surface area contributed by atoms with E-state index in [1.165, 1.54) is 0 Å². The highest BCUT2D eigenvalue weighted by atomic mass is 79.9. The first-order chi connectivity index (χ1) is 6.79. The van der Waals surface area contributed by atoms with Gasteiger partial charge in [-0.15, -0.1) is 12.4 Å². The van der Waals surface area contributed by atoms with Gasteiger partial charge in [0.2, 0.25) is 0 Å². The summed E-state index contributed by atoms with van der Waals surface area (Å²) in [5.74, 6) is 0. The minimum Gasteiger partial charge on any atom is -0.324 e. The monoisotopic (exact) mass is 381 g/mol. The Balaban J connectivity index is 0.00000225. The van der Waals surface area contributed by atoms with Crippen molar-refractivity contribution in [3.8, 4) is 0 Å². The van der Waals surface area contributed by atoms with Crippen LogP contribution in [0.15, 0.2) is 27.1 Å². The molecule has 0 aliphatic heterocycles. The average molecular weight is 383 g/mol. The molecular weight excluding hydrogens is 374 g/mol. The molecule has 0 bridgehead atoms. The summed E-state index contributed by atoms with van der Waals surface area (Å²) in [4.78, 5) is 0. The zero-order valence-corrected chi connectivity index (χ0v) is 11.9. The van der Waals surface area contributed by atoms with Gasteiger partial charge in [0, 0.05) is 15.0 Å². The molecule has 0 heterocycles. The zero-order valence-electron chi connectivity index (χ0n) is 7.89. The van der Waals surface area contributed by atoms with Gasteiger partial charge in [0.15, 0.2) is 0 Å². The van der Waals surface area contributed by atoms with E-state index >= 15 is 0 Å². The van der Waals surface area contributed by atoms with Crippen molar-refractivity contribution in [1.29, 1.82) is 0 Å². The van der Waals surface area contributed by atoms with Crippen molar-refractivity contribution >= 4 is 44.3 Å². The third-order valence-corrected chi connectivity index (χ3v) is 3.02. The van der Waals surface area contributed by atoms with E-state index in [-0.39, 0.29) is 12.4 Å². The van der Waals surface area contributed by atoms with Crippen LogP contribution in [0.3, 0.4) is 0 Å². The molecule has 1 nitrogen and oxygen atoms in total. The summed E-state index contributed by atoms with van der Waals surface area (Å²) in [5, 5.41) is 0. The van der Waals surface area contributed by atoms with Crippen LogP contribution in [-0.4, -0.2) is 6.18 Å². The Labute approximate surface area is 114 Å². The molecule has 0 aromatic heterocycles. The van der Waals surface area contributed by atoms with Crippen LogP contribution < -0.4 is 5.73 Å². The maximum Gasteiger partial charge on any atom is 0.390 e. The van der Waals surface area contributed by atoms with Crippen LogP contribution in [0.1, 0.15) is 18.0 Å². The number of rotatable bonds is 2. The molecule has 0 fully saturated rings. The third kappa shape index (κ3) is 5.03. The summed E-state index contributed by atoms with van der Waals surface area (Å²) < 4.78 is 37.6. The van der Waals surface area contributed by atoms with Crippen LogP contribution in [0.2, 0.25) is 0 Å². The lowest BCUT2D eigenvalue weighted by molar-refractivity contribution is -0.138. The van der Waals surface area contributed by atoms with E-state index in [2.05, 4.69) is 31.9 Å². The van der Waals surface area contributed by atoms with Crippen LogP contribution in [0.4, 0.5) is 13.2 Å². The summed E-state index contributed by atoms with van der Waals surface area (Å²) in [7, 11) is 0. The quantitative estimate of drug-likeness (QED) is 0.795. The number of nitrogens with two attached hydrogens (primary N) is 1. The highest BCUT2D eigenvalue weighted by Crippen LogP contribution is 2.32. The van der Waals surface area contributed by atoms with E-state index in [1.807, 2.05) is 0 Å². The lowest BCUT2D eigenvalue weighted by Crippen LogP contribution is -2.20. The molecular formula is C9H9Br2ClF3N. The number of hydrogen-bond acceptors (Lipinski definition) is 1. The van der Waals surface area contributed by atoms with Gasteiger partial charge in [-0.1, -0.05) is 31.9 Å². The Hall–Kier alpha value is 0.220. The maximum absolute atomic E-state index is 12.1. The number of halogens is 6. The molecule has 0 amide bonds. The summed E-state index contributed by atoms with van der Waals surface area (Å²) in [6, 6.07) is 3.93. The van der Waals surface area contributed by atoms with E-state index in [1.54, 1.807) is 18.2 Å². The molecule has 1 aromatic rings. The fourth-order valence-electron chi connectivity index (χ4n) is 1.16. The van der Waals surface area contributed by atoms with Gasteiger partial charge < -0.3 is 5.73 Å². The molecule has 7 heteroatoms. The molecule has 1 aromatic carbocycles. The predicted octanol–water partition coefficient (Wildman–Crippen LogP) is 4.59. The van der Waals surface area contributed by atoms with E-state index in [0.717, 1.165) is 0 Å². The highest BCUT2D eigenvalue weighted by Gasteiger charge is 2.31. The second-order valence-corrected chi connectivity index (χ2v) is 4.86. The van der Waals surface area contributed by atoms with Crippen LogP contribution in [-0.2, 0) is 0 Å². The second kappa shape index (κ2) is 6.23. The summed E-state index contributed by atoms with van der Waals surface area (Å²) in [6.45, 7) is 0. The van der Waals surface area contributed by atoms with Gasteiger partial charge in [-0.05, 0) is 23.8 Å². The summed E-state index contributed by atoms with van der Waals surface area (Å²) in [5.41, 5.74) is 5.93. The molecule has 0 aliphatic carbocycles. The van der Waals surface area contributed by atoms with Crippen molar-refractivity contribution in [1.82, 2.24) is 0 Å². The molecule has 0 spiro atoms. The molecule has 1 rings (SSSR count). The number of alkyl halides is 3. The van der Waals surface area contributed by atoms with Crippen molar-refractivity contribution in [3.63, 3.8) is 0 Å². The van der Waals surface area contributed by atoms with E-state index in [0.29, 0.717) is 14.5 Å². The first kappa shape index (κ1) is 16.2. The lowest BCUT2D eigenvalue weighted by Gasteiger charge is -2.16. The smallest absolute Gasteiger partial charge is 0.324 e. The van der Waals surface area contributed by atoms with Gasteiger partial charge in [-0.2, -0.15) is 13.2 Å². The van der Waals surface area contributed by atoms with Crippen molar-refractivity contribution in [3.05, 3.63) is 32.7 Å². The van der Waals surface area contributed by atoms with Gasteiger partial charge in [-0.25, -0.2) is 0 Å². The molecule has 2 N–H and O–H groups in total. The Bertz CT molecular complexity index is 357. The first-order valence-electron chi connectivity index (χ1n) is 4.07. The molecule has 0 saturated carbocycles. The summed E-state index contributed by atoms with van der Waals surface area (Å²) >= 11 is 6.36. The topological polar surface area (TPSA) is 26.0 Å². The van der Waals surface area contributed by atoms with Crippen LogP contribution in [0.25, 0.3) is 0 Å². The van der Waals surface area contributed by atoms with E-state index in [9.17, 15) is 13.2 Å².